The van der Waals surface area contributed by atoms with Gasteiger partial charge in [0.1, 0.15) is 0 Å². The molecular weight excluding hydrogens is 224 g/mol. The molecule has 1 fully saturated rings. The van der Waals surface area contributed by atoms with Gasteiger partial charge in [-0.2, -0.15) is 11.8 Å². The highest BCUT2D eigenvalue weighted by Gasteiger charge is 2.18. The second-order valence-corrected chi connectivity index (χ2v) is 5.12. The fourth-order valence-corrected chi connectivity index (χ4v) is 3.04. The molecule has 0 amide bonds. The number of pyridine rings is 1. The minimum absolute atomic E-state index is 0.0473. The lowest BCUT2D eigenvalue weighted by Crippen LogP contribution is -2.11. The van der Waals surface area contributed by atoms with Gasteiger partial charge in [0.25, 0.3) is 0 Å². The SMILES string of the molecule is Nc1cc(C2CCSCC2)cnc1C(=O)O. The summed E-state index contributed by atoms with van der Waals surface area (Å²) in [7, 11) is 0. The Hall–Kier alpha value is -1.23. The van der Waals surface area contributed by atoms with Gasteiger partial charge in [-0.15, -0.1) is 0 Å². The molecule has 0 aromatic carbocycles. The number of carboxylic acid groups (broad SMARTS) is 1. The lowest BCUT2D eigenvalue weighted by atomic mass is 9.94. The molecule has 0 radical (unpaired) electrons. The third-order valence-electron chi connectivity index (χ3n) is 2.83. The van der Waals surface area contributed by atoms with Gasteiger partial charge in [0, 0.05) is 6.20 Å². The van der Waals surface area contributed by atoms with Crippen molar-refractivity contribution in [1.82, 2.24) is 4.98 Å². The molecule has 1 aromatic heterocycles. The minimum Gasteiger partial charge on any atom is -0.476 e. The van der Waals surface area contributed by atoms with Crippen LogP contribution in [-0.4, -0.2) is 27.6 Å². The monoisotopic (exact) mass is 238 g/mol. The van der Waals surface area contributed by atoms with E-state index in [0.29, 0.717) is 5.92 Å². The molecule has 1 aromatic rings. The molecule has 16 heavy (non-hydrogen) atoms. The number of aromatic nitrogens is 1. The van der Waals surface area contributed by atoms with Crippen LogP contribution in [0.25, 0.3) is 0 Å². The molecule has 0 saturated carbocycles. The van der Waals surface area contributed by atoms with Crippen molar-refractivity contribution in [3.8, 4) is 0 Å². The van der Waals surface area contributed by atoms with Crippen LogP contribution in [0.5, 0.6) is 0 Å². The number of nitrogen functional groups attached to an aromatic ring is 1. The van der Waals surface area contributed by atoms with Gasteiger partial charge < -0.3 is 10.8 Å². The normalized spacial score (nSPS) is 17.2. The zero-order valence-electron chi connectivity index (χ0n) is 8.85. The van der Waals surface area contributed by atoms with E-state index in [-0.39, 0.29) is 11.4 Å². The Morgan fingerprint density at radius 2 is 2.19 bits per heavy atom. The van der Waals surface area contributed by atoms with E-state index in [1.807, 2.05) is 11.8 Å². The van der Waals surface area contributed by atoms with Gasteiger partial charge in [-0.1, -0.05) is 0 Å². The van der Waals surface area contributed by atoms with Crippen molar-refractivity contribution < 1.29 is 9.90 Å². The van der Waals surface area contributed by atoms with E-state index in [4.69, 9.17) is 10.8 Å². The van der Waals surface area contributed by atoms with Crippen LogP contribution in [0.1, 0.15) is 34.8 Å². The van der Waals surface area contributed by atoms with Crippen LogP contribution < -0.4 is 5.73 Å². The van der Waals surface area contributed by atoms with Gasteiger partial charge in [0.05, 0.1) is 5.69 Å². The zero-order valence-corrected chi connectivity index (χ0v) is 9.67. The Morgan fingerprint density at radius 1 is 1.50 bits per heavy atom. The Balaban J connectivity index is 2.23. The maximum Gasteiger partial charge on any atom is 0.356 e. The third kappa shape index (κ3) is 2.29. The van der Waals surface area contributed by atoms with E-state index in [0.717, 1.165) is 29.9 Å². The van der Waals surface area contributed by atoms with Gasteiger partial charge in [-0.3, -0.25) is 0 Å². The summed E-state index contributed by atoms with van der Waals surface area (Å²) in [5.41, 5.74) is 6.97. The number of aromatic carboxylic acids is 1. The van der Waals surface area contributed by atoms with E-state index in [1.165, 1.54) is 0 Å². The maximum absolute atomic E-state index is 10.8. The molecule has 0 aliphatic carbocycles. The summed E-state index contributed by atoms with van der Waals surface area (Å²) in [6, 6.07) is 1.76. The van der Waals surface area contributed by atoms with E-state index in [1.54, 1.807) is 12.3 Å². The van der Waals surface area contributed by atoms with Crippen molar-refractivity contribution in [2.45, 2.75) is 18.8 Å². The smallest absolute Gasteiger partial charge is 0.356 e. The summed E-state index contributed by atoms with van der Waals surface area (Å²) in [5.74, 6) is 1.73. The van der Waals surface area contributed by atoms with Crippen molar-refractivity contribution >= 4 is 23.4 Å². The first-order valence-corrected chi connectivity index (χ1v) is 6.40. The molecule has 86 valence electrons. The van der Waals surface area contributed by atoms with Crippen LogP contribution in [0.2, 0.25) is 0 Å². The van der Waals surface area contributed by atoms with E-state index in [2.05, 4.69) is 4.98 Å². The van der Waals surface area contributed by atoms with Gasteiger partial charge in [0.15, 0.2) is 5.69 Å². The molecule has 3 N–H and O–H groups in total. The second-order valence-electron chi connectivity index (χ2n) is 3.90. The summed E-state index contributed by atoms with van der Waals surface area (Å²) in [4.78, 5) is 14.7. The van der Waals surface area contributed by atoms with E-state index >= 15 is 0 Å². The largest absolute Gasteiger partial charge is 0.476 e. The first kappa shape index (κ1) is 11.3. The fraction of sp³-hybridized carbons (Fsp3) is 0.455. The third-order valence-corrected chi connectivity index (χ3v) is 3.88. The van der Waals surface area contributed by atoms with E-state index in [9.17, 15) is 4.79 Å². The number of carboxylic acids is 1. The molecule has 0 bridgehead atoms. The highest BCUT2D eigenvalue weighted by molar-refractivity contribution is 7.99. The molecule has 4 nitrogen and oxygen atoms in total. The molecule has 0 atom stereocenters. The molecule has 1 aliphatic rings. The van der Waals surface area contributed by atoms with Gasteiger partial charge in [-0.25, -0.2) is 9.78 Å². The van der Waals surface area contributed by atoms with Gasteiger partial charge in [0.2, 0.25) is 0 Å². The number of rotatable bonds is 2. The summed E-state index contributed by atoms with van der Waals surface area (Å²) in [5, 5.41) is 8.82. The number of hydrogen-bond acceptors (Lipinski definition) is 4. The Labute approximate surface area is 98.3 Å². The predicted octanol–water partition coefficient (Wildman–Crippen LogP) is 1.97. The molecule has 2 heterocycles. The number of anilines is 1. The average molecular weight is 238 g/mol. The van der Waals surface area contributed by atoms with Crippen molar-refractivity contribution in [1.29, 1.82) is 0 Å². The summed E-state index contributed by atoms with van der Waals surface area (Å²) in [6.45, 7) is 0. The highest BCUT2D eigenvalue weighted by Crippen LogP contribution is 2.32. The standard InChI is InChI=1S/C11H14N2O2S/c12-9-5-8(6-13-10(9)11(14)15)7-1-3-16-4-2-7/h5-7H,1-4,12H2,(H,14,15). The van der Waals surface area contributed by atoms with Gasteiger partial charge >= 0.3 is 5.97 Å². The number of carbonyl (C=O) groups is 1. The second kappa shape index (κ2) is 4.74. The quantitative estimate of drug-likeness (QED) is 0.823. The van der Waals surface area contributed by atoms with E-state index < -0.39 is 5.97 Å². The lowest BCUT2D eigenvalue weighted by Gasteiger charge is -2.21. The van der Waals surface area contributed by atoms with Crippen molar-refractivity contribution in [2.24, 2.45) is 0 Å². The minimum atomic E-state index is -1.07. The van der Waals surface area contributed by atoms with Crippen LogP contribution in [0.4, 0.5) is 5.69 Å². The zero-order chi connectivity index (χ0) is 11.5. The van der Waals surface area contributed by atoms with Gasteiger partial charge in [-0.05, 0) is 41.9 Å². The lowest BCUT2D eigenvalue weighted by molar-refractivity contribution is 0.0691. The van der Waals surface area contributed by atoms with Crippen LogP contribution >= 0.6 is 11.8 Å². The molecule has 2 rings (SSSR count). The number of thioether (sulfide) groups is 1. The Morgan fingerprint density at radius 3 is 2.75 bits per heavy atom. The van der Waals surface area contributed by atoms with Crippen molar-refractivity contribution in [3.05, 3.63) is 23.5 Å². The maximum atomic E-state index is 10.8. The molecule has 0 spiro atoms. The molecule has 5 heteroatoms. The first-order chi connectivity index (χ1) is 7.68. The summed E-state index contributed by atoms with van der Waals surface area (Å²) >= 11 is 1.96. The average Bonchev–Trinajstić information content (AvgIpc) is 2.29. The number of hydrogen-bond donors (Lipinski definition) is 2. The van der Waals surface area contributed by atoms with Crippen LogP contribution in [0, 0.1) is 0 Å². The molecule has 1 aliphatic heterocycles. The topological polar surface area (TPSA) is 76.2 Å². The highest BCUT2D eigenvalue weighted by atomic mass is 32.2. The number of nitrogens with zero attached hydrogens (tertiary/aromatic N) is 1. The molecule has 0 unspecified atom stereocenters. The Bertz CT molecular complexity index is 403. The summed E-state index contributed by atoms with van der Waals surface area (Å²) in [6.07, 6.45) is 3.90. The van der Waals surface area contributed by atoms with Crippen LogP contribution in [0.3, 0.4) is 0 Å². The molecular formula is C11H14N2O2S. The Kier molecular flexibility index (Phi) is 3.33. The van der Waals surface area contributed by atoms with Crippen LogP contribution in [-0.2, 0) is 0 Å². The number of nitrogens with two attached hydrogens (primary N) is 1. The predicted molar refractivity (Wildman–Crippen MR) is 64.9 cm³/mol. The van der Waals surface area contributed by atoms with Crippen LogP contribution in [0.15, 0.2) is 12.3 Å². The molecule has 1 saturated heterocycles. The summed E-state index contributed by atoms with van der Waals surface area (Å²) < 4.78 is 0. The fourth-order valence-electron chi connectivity index (χ4n) is 1.93. The van der Waals surface area contributed by atoms with Crippen molar-refractivity contribution in [2.75, 3.05) is 17.2 Å². The first-order valence-electron chi connectivity index (χ1n) is 5.25. The van der Waals surface area contributed by atoms with Crippen molar-refractivity contribution in [3.63, 3.8) is 0 Å².